The number of nitrogens with two attached hydrogens (primary N) is 1. The van der Waals surface area contributed by atoms with Gasteiger partial charge in [0.1, 0.15) is 12.4 Å². The van der Waals surface area contributed by atoms with Crippen LogP contribution >= 0.6 is 0 Å². The van der Waals surface area contributed by atoms with Gasteiger partial charge in [-0.1, -0.05) is 5.92 Å². The second-order valence-corrected chi connectivity index (χ2v) is 3.45. The summed E-state index contributed by atoms with van der Waals surface area (Å²) < 4.78 is 5.27. The molecule has 4 heteroatoms. The van der Waals surface area contributed by atoms with Crippen molar-refractivity contribution in [1.29, 1.82) is 0 Å². The number of anilines is 1. The van der Waals surface area contributed by atoms with E-state index in [-0.39, 0.29) is 12.5 Å². The molecule has 0 fully saturated rings. The molecule has 1 amide bonds. The smallest absolute Gasteiger partial charge is 0.257 e. The molecule has 0 saturated carbocycles. The van der Waals surface area contributed by atoms with Gasteiger partial charge in [0.2, 0.25) is 0 Å². The van der Waals surface area contributed by atoms with Gasteiger partial charge in [0, 0.05) is 19.8 Å². The van der Waals surface area contributed by atoms with Crippen molar-refractivity contribution in [3.63, 3.8) is 0 Å². The highest BCUT2D eigenvalue weighted by atomic mass is 16.5. The van der Waals surface area contributed by atoms with E-state index in [0.29, 0.717) is 17.0 Å². The van der Waals surface area contributed by atoms with Crippen LogP contribution in [0.2, 0.25) is 0 Å². The maximum atomic E-state index is 11.8. The highest BCUT2D eigenvalue weighted by Crippen LogP contribution is 2.22. The molecule has 1 aromatic carbocycles. The predicted octanol–water partition coefficient (Wildman–Crippen LogP) is 0.983. The number of hydrogen-bond donors (Lipinski definition) is 1. The maximum Gasteiger partial charge on any atom is 0.257 e. The summed E-state index contributed by atoms with van der Waals surface area (Å²) in [4.78, 5) is 13.3. The fourth-order valence-corrected chi connectivity index (χ4v) is 1.20. The van der Waals surface area contributed by atoms with E-state index >= 15 is 0 Å². The van der Waals surface area contributed by atoms with Gasteiger partial charge in [-0.15, -0.1) is 6.42 Å². The van der Waals surface area contributed by atoms with Gasteiger partial charge in [-0.25, -0.2) is 0 Å². The normalized spacial score (nSPS) is 9.31. The monoisotopic (exact) mass is 218 g/mol. The molecule has 0 saturated heterocycles. The van der Waals surface area contributed by atoms with Crippen molar-refractivity contribution >= 4 is 11.6 Å². The molecule has 4 nitrogen and oxygen atoms in total. The summed E-state index contributed by atoms with van der Waals surface area (Å²) in [7, 11) is 3.33. The zero-order chi connectivity index (χ0) is 12.1. The lowest BCUT2D eigenvalue weighted by Crippen LogP contribution is -2.22. The summed E-state index contributed by atoms with van der Waals surface area (Å²) >= 11 is 0. The highest BCUT2D eigenvalue weighted by Gasteiger charge is 2.14. The summed E-state index contributed by atoms with van der Waals surface area (Å²) in [6.07, 6.45) is 5.10. The Morgan fingerprint density at radius 1 is 1.56 bits per heavy atom. The number of rotatable bonds is 3. The minimum absolute atomic E-state index is 0.123. The lowest BCUT2D eigenvalue weighted by molar-refractivity contribution is 0.0824. The van der Waals surface area contributed by atoms with E-state index < -0.39 is 0 Å². The second kappa shape index (κ2) is 5.08. The number of carbonyl (C=O) groups excluding carboxylic acids is 1. The van der Waals surface area contributed by atoms with E-state index in [1.165, 1.54) is 4.90 Å². The van der Waals surface area contributed by atoms with Crippen molar-refractivity contribution in [1.82, 2.24) is 4.90 Å². The third kappa shape index (κ3) is 2.67. The number of carbonyl (C=O) groups is 1. The van der Waals surface area contributed by atoms with Crippen molar-refractivity contribution in [3.05, 3.63) is 23.8 Å². The molecule has 1 aromatic rings. The van der Waals surface area contributed by atoms with Gasteiger partial charge in [-0.2, -0.15) is 0 Å². The number of hydrogen-bond acceptors (Lipinski definition) is 3. The van der Waals surface area contributed by atoms with Crippen molar-refractivity contribution in [2.75, 3.05) is 26.4 Å². The molecule has 0 aromatic heterocycles. The van der Waals surface area contributed by atoms with E-state index in [0.717, 1.165) is 0 Å². The Morgan fingerprint density at radius 3 is 2.81 bits per heavy atom. The van der Waals surface area contributed by atoms with Gasteiger partial charge in [0.25, 0.3) is 5.91 Å². The Labute approximate surface area is 95.0 Å². The topological polar surface area (TPSA) is 55.6 Å². The van der Waals surface area contributed by atoms with Crippen LogP contribution in [0.3, 0.4) is 0 Å². The summed E-state index contributed by atoms with van der Waals surface area (Å²) in [5.41, 5.74) is 6.56. The molecule has 84 valence electrons. The SMILES string of the molecule is C#CCOc1ccc(N)cc1C(=O)N(C)C. The van der Waals surface area contributed by atoms with Crippen molar-refractivity contribution in [2.24, 2.45) is 0 Å². The van der Waals surface area contributed by atoms with E-state index in [4.69, 9.17) is 16.9 Å². The predicted molar refractivity (Wildman–Crippen MR) is 63.2 cm³/mol. The number of nitrogen functional groups attached to an aromatic ring is 1. The Bertz CT molecular complexity index is 433. The van der Waals surface area contributed by atoms with Crippen LogP contribution in [0, 0.1) is 12.3 Å². The highest BCUT2D eigenvalue weighted by molar-refractivity contribution is 5.97. The summed E-state index contributed by atoms with van der Waals surface area (Å²) in [5.74, 6) is 2.63. The average molecular weight is 218 g/mol. The Morgan fingerprint density at radius 2 is 2.25 bits per heavy atom. The Kier molecular flexibility index (Phi) is 3.78. The molecule has 2 N–H and O–H groups in total. The fraction of sp³-hybridized carbons (Fsp3) is 0.250. The van der Waals surface area contributed by atoms with Crippen LogP contribution in [0.25, 0.3) is 0 Å². The number of terminal acetylenes is 1. The molecule has 0 bridgehead atoms. The van der Waals surface area contributed by atoms with Crippen molar-refractivity contribution in [2.45, 2.75) is 0 Å². The number of amides is 1. The molecule has 16 heavy (non-hydrogen) atoms. The van der Waals surface area contributed by atoms with Crippen LogP contribution in [0.1, 0.15) is 10.4 Å². The molecule has 0 unspecified atom stereocenters. The molecule has 1 rings (SSSR count). The third-order valence-corrected chi connectivity index (χ3v) is 1.95. The number of benzene rings is 1. The zero-order valence-corrected chi connectivity index (χ0v) is 9.36. The molecule has 0 aliphatic heterocycles. The number of nitrogens with zero attached hydrogens (tertiary/aromatic N) is 1. The Hall–Kier alpha value is -2.15. The van der Waals surface area contributed by atoms with Gasteiger partial charge >= 0.3 is 0 Å². The minimum atomic E-state index is -0.167. The lowest BCUT2D eigenvalue weighted by Gasteiger charge is -2.14. The van der Waals surface area contributed by atoms with Gasteiger partial charge in [-0.3, -0.25) is 4.79 Å². The van der Waals surface area contributed by atoms with Gasteiger partial charge < -0.3 is 15.4 Å². The zero-order valence-electron chi connectivity index (χ0n) is 9.36. The van der Waals surface area contributed by atoms with Crippen LogP contribution < -0.4 is 10.5 Å². The first kappa shape index (κ1) is 11.9. The molecular formula is C12H14N2O2. The quantitative estimate of drug-likeness (QED) is 0.608. The van der Waals surface area contributed by atoms with Crippen molar-refractivity contribution in [3.8, 4) is 18.1 Å². The van der Waals surface area contributed by atoms with Crippen LogP contribution in [0.5, 0.6) is 5.75 Å². The molecule has 0 radical (unpaired) electrons. The summed E-state index contributed by atoms with van der Waals surface area (Å²) in [6.45, 7) is 0.123. The van der Waals surface area contributed by atoms with Crippen LogP contribution in [-0.4, -0.2) is 31.5 Å². The van der Waals surface area contributed by atoms with Crippen LogP contribution in [0.15, 0.2) is 18.2 Å². The molecule has 0 atom stereocenters. The average Bonchev–Trinajstić information content (AvgIpc) is 2.26. The first-order chi connectivity index (χ1) is 7.56. The van der Waals surface area contributed by atoms with Gasteiger partial charge in [-0.05, 0) is 18.2 Å². The second-order valence-electron chi connectivity index (χ2n) is 3.45. The minimum Gasteiger partial charge on any atom is -0.480 e. The third-order valence-electron chi connectivity index (χ3n) is 1.95. The molecule has 0 spiro atoms. The Balaban J connectivity index is 3.08. The first-order valence-electron chi connectivity index (χ1n) is 4.73. The van der Waals surface area contributed by atoms with Crippen LogP contribution in [-0.2, 0) is 0 Å². The maximum absolute atomic E-state index is 11.8. The summed E-state index contributed by atoms with van der Waals surface area (Å²) in [6, 6.07) is 4.88. The first-order valence-corrected chi connectivity index (χ1v) is 4.73. The summed E-state index contributed by atoms with van der Waals surface area (Å²) in [5, 5.41) is 0. The van der Waals surface area contributed by atoms with Crippen LogP contribution in [0.4, 0.5) is 5.69 Å². The van der Waals surface area contributed by atoms with Gasteiger partial charge in [0.05, 0.1) is 5.56 Å². The largest absolute Gasteiger partial charge is 0.480 e. The fourth-order valence-electron chi connectivity index (χ4n) is 1.20. The number of ether oxygens (including phenoxy) is 1. The molecule has 0 heterocycles. The van der Waals surface area contributed by atoms with Crippen molar-refractivity contribution < 1.29 is 9.53 Å². The van der Waals surface area contributed by atoms with E-state index in [9.17, 15) is 4.79 Å². The lowest BCUT2D eigenvalue weighted by atomic mass is 10.1. The van der Waals surface area contributed by atoms with E-state index in [1.54, 1.807) is 32.3 Å². The molecule has 0 aliphatic carbocycles. The molecular weight excluding hydrogens is 204 g/mol. The van der Waals surface area contributed by atoms with E-state index in [1.807, 2.05) is 0 Å². The standard InChI is InChI=1S/C12H14N2O2/c1-4-7-16-11-6-5-9(13)8-10(11)12(15)14(2)3/h1,5-6,8H,7,13H2,2-3H3. The van der Waals surface area contributed by atoms with E-state index in [2.05, 4.69) is 5.92 Å². The van der Waals surface area contributed by atoms with Gasteiger partial charge in [0.15, 0.2) is 0 Å². The molecule has 0 aliphatic rings.